The van der Waals surface area contributed by atoms with Gasteiger partial charge in [-0.3, -0.25) is 19.5 Å². The van der Waals surface area contributed by atoms with Crippen molar-refractivity contribution in [1.29, 1.82) is 0 Å². The van der Waals surface area contributed by atoms with Gasteiger partial charge in [0.15, 0.2) is 4.80 Å². The van der Waals surface area contributed by atoms with Crippen LogP contribution in [-0.4, -0.2) is 48.4 Å². The third kappa shape index (κ3) is 4.75. The van der Waals surface area contributed by atoms with Gasteiger partial charge in [0.05, 0.1) is 40.5 Å². The van der Waals surface area contributed by atoms with Crippen LogP contribution in [0, 0.1) is 10.1 Å². The number of ether oxygens (including phenoxy) is 2. The molecule has 0 saturated carbocycles. The summed E-state index contributed by atoms with van der Waals surface area (Å²) in [7, 11) is 0. The number of aromatic nitrogens is 1. The van der Waals surface area contributed by atoms with E-state index in [1.807, 2.05) is 17.5 Å². The molecule has 5 rings (SSSR count). The molecular weight excluding hydrogens is 516 g/mol. The molecular formula is C25H24N4O6S2. The first-order chi connectivity index (χ1) is 17.9. The molecule has 2 aromatic heterocycles. The summed E-state index contributed by atoms with van der Waals surface area (Å²) in [6.45, 7) is 6.05. The van der Waals surface area contributed by atoms with Crippen LogP contribution < -0.4 is 19.8 Å². The molecule has 1 saturated heterocycles. The number of non-ortho nitro benzene ring substituents is 1. The summed E-state index contributed by atoms with van der Waals surface area (Å²) in [6, 6.07) is 7.74. The van der Waals surface area contributed by atoms with E-state index in [-0.39, 0.29) is 17.9 Å². The first-order valence-corrected chi connectivity index (χ1v) is 13.4. The van der Waals surface area contributed by atoms with Crippen LogP contribution in [0.3, 0.4) is 0 Å². The Morgan fingerprint density at radius 1 is 1.32 bits per heavy atom. The normalized spacial score (nSPS) is 17.9. The number of rotatable bonds is 6. The van der Waals surface area contributed by atoms with Gasteiger partial charge in [0, 0.05) is 41.4 Å². The van der Waals surface area contributed by atoms with Crippen LogP contribution in [0.4, 0.5) is 11.4 Å². The van der Waals surface area contributed by atoms with Crippen molar-refractivity contribution in [3.8, 4) is 0 Å². The van der Waals surface area contributed by atoms with Crippen LogP contribution in [0.2, 0.25) is 0 Å². The number of benzene rings is 1. The van der Waals surface area contributed by atoms with E-state index >= 15 is 0 Å². The molecule has 0 aliphatic carbocycles. The monoisotopic (exact) mass is 540 g/mol. The topological polar surface area (TPSA) is 116 Å². The summed E-state index contributed by atoms with van der Waals surface area (Å²) in [6.07, 6.45) is 1.68. The fourth-order valence-electron chi connectivity index (χ4n) is 4.51. The zero-order valence-corrected chi connectivity index (χ0v) is 21.8. The second kappa shape index (κ2) is 10.4. The minimum absolute atomic E-state index is 0.0621. The number of hydrogen-bond acceptors (Lipinski definition) is 10. The van der Waals surface area contributed by atoms with Crippen molar-refractivity contribution < 1.29 is 19.2 Å². The second-order valence-corrected chi connectivity index (χ2v) is 10.4. The summed E-state index contributed by atoms with van der Waals surface area (Å²) < 4.78 is 12.6. The first kappa shape index (κ1) is 25.1. The molecule has 10 nitrogen and oxygen atoms in total. The lowest BCUT2D eigenvalue weighted by atomic mass is 10.0. The van der Waals surface area contributed by atoms with Gasteiger partial charge in [0.1, 0.15) is 6.04 Å². The Morgan fingerprint density at radius 3 is 2.78 bits per heavy atom. The number of esters is 1. The second-order valence-electron chi connectivity index (χ2n) is 8.42. The van der Waals surface area contributed by atoms with Crippen molar-refractivity contribution in [2.24, 2.45) is 4.99 Å². The highest BCUT2D eigenvalue weighted by Crippen LogP contribution is 2.33. The fraction of sp³-hybridized carbons (Fsp3) is 0.320. The molecule has 0 bridgehead atoms. The Kier molecular flexibility index (Phi) is 7.04. The van der Waals surface area contributed by atoms with Crippen molar-refractivity contribution in [3.63, 3.8) is 0 Å². The van der Waals surface area contributed by atoms with E-state index in [1.165, 1.54) is 39.4 Å². The van der Waals surface area contributed by atoms with E-state index in [0.29, 0.717) is 52.5 Å². The van der Waals surface area contributed by atoms with Crippen molar-refractivity contribution >= 4 is 46.1 Å². The maximum Gasteiger partial charge on any atom is 0.338 e. The number of hydrogen-bond donors (Lipinski definition) is 0. The maximum absolute atomic E-state index is 13.8. The molecule has 1 unspecified atom stereocenters. The number of fused-ring (bicyclic) bond motifs is 1. The van der Waals surface area contributed by atoms with Gasteiger partial charge in [-0.05, 0) is 37.4 Å². The highest BCUT2D eigenvalue weighted by Gasteiger charge is 2.34. The number of morpholine rings is 1. The number of thiazole rings is 1. The third-order valence-electron chi connectivity index (χ3n) is 6.19. The van der Waals surface area contributed by atoms with E-state index in [2.05, 4.69) is 9.89 Å². The predicted molar refractivity (Wildman–Crippen MR) is 141 cm³/mol. The van der Waals surface area contributed by atoms with E-state index in [9.17, 15) is 19.7 Å². The Morgan fingerprint density at radius 2 is 2.11 bits per heavy atom. The van der Waals surface area contributed by atoms with Crippen molar-refractivity contribution in [1.82, 2.24) is 4.57 Å². The number of thiophene rings is 1. The van der Waals surface area contributed by atoms with Crippen LogP contribution in [-0.2, 0) is 14.3 Å². The zero-order chi connectivity index (χ0) is 26.1. The third-order valence-corrected chi connectivity index (χ3v) is 8.10. The van der Waals surface area contributed by atoms with E-state index in [4.69, 9.17) is 9.47 Å². The number of carbonyl (C=O) groups is 1. The predicted octanol–water partition coefficient (Wildman–Crippen LogP) is 2.60. The zero-order valence-electron chi connectivity index (χ0n) is 20.2. The van der Waals surface area contributed by atoms with Gasteiger partial charge in [-0.2, -0.15) is 0 Å². The van der Waals surface area contributed by atoms with Gasteiger partial charge in [-0.1, -0.05) is 17.4 Å². The highest BCUT2D eigenvalue weighted by atomic mass is 32.1. The van der Waals surface area contributed by atoms with Crippen LogP contribution in [0.15, 0.2) is 56.8 Å². The summed E-state index contributed by atoms with van der Waals surface area (Å²) in [5.41, 5.74) is 1.79. The lowest BCUT2D eigenvalue weighted by Crippen LogP contribution is -2.39. The van der Waals surface area contributed by atoms with Gasteiger partial charge in [-0.25, -0.2) is 9.79 Å². The van der Waals surface area contributed by atoms with E-state index < -0.39 is 16.9 Å². The minimum Gasteiger partial charge on any atom is -0.463 e. The Bertz CT molecular complexity index is 1570. The standard InChI is InChI=1S/C25H24N4O6S2/c1-3-35-24(31)21-15(2)26-25-28(22(21)19-5-4-12-36-19)23(30)20(37-25)14-16-13-17(29(32)33)6-7-18(16)27-8-10-34-11-9-27/h4-7,12-14,22H,3,8-11H2,1-2H3. The summed E-state index contributed by atoms with van der Waals surface area (Å²) in [5, 5.41) is 13.4. The number of allylic oxidation sites excluding steroid dienone is 1. The molecule has 3 aromatic rings. The quantitative estimate of drug-likeness (QED) is 0.268. The number of carbonyl (C=O) groups excluding carboxylic acids is 1. The van der Waals surface area contributed by atoms with Crippen molar-refractivity contribution in [2.75, 3.05) is 37.8 Å². The highest BCUT2D eigenvalue weighted by molar-refractivity contribution is 7.10. The minimum atomic E-state index is -0.665. The summed E-state index contributed by atoms with van der Waals surface area (Å²) in [4.78, 5) is 45.7. The Labute approximate surface area is 219 Å². The molecule has 1 aromatic carbocycles. The van der Waals surface area contributed by atoms with Crippen LogP contribution >= 0.6 is 22.7 Å². The van der Waals surface area contributed by atoms with Gasteiger partial charge >= 0.3 is 5.97 Å². The van der Waals surface area contributed by atoms with Crippen molar-refractivity contribution in [2.45, 2.75) is 19.9 Å². The molecule has 0 N–H and O–H groups in total. The Balaban J connectivity index is 1.70. The first-order valence-electron chi connectivity index (χ1n) is 11.7. The number of nitro benzene ring substituents is 1. The number of nitro groups is 1. The molecule has 0 spiro atoms. The van der Waals surface area contributed by atoms with E-state index in [1.54, 1.807) is 26.0 Å². The van der Waals surface area contributed by atoms with Crippen LogP contribution in [0.25, 0.3) is 6.08 Å². The average Bonchev–Trinajstić information content (AvgIpc) is 3.52. The summed E-state index contributed by atoms with van der Waals surface area (Å²) >= 11 is 2.63. The molecule has 2 aliphatic rings. The molecule has 1 fully saturated rings. The average molecular weight is 541 g/mol. The molecule has 0 radical (unpaired) electrons. The largest absolute Gasteiger partial charge is 0.463 e. The smallest absolute Gasteiger partial charge is 0.338 e. The lowest BCUT2D eigenvalue weighted by molar-refractivity contribution is -0.384. The summed E-state index contributed by atoms with van der Waals surface area (Å²) in [5.74, 6) is -0.510. The van der Waals surface area contributed by atoms with Crippen LogP contribution in [0.1, 0.15) is 30.3 Å². The maximum atomic E-state index is 13.8. The number of nitrogens with zero attached hydrogens (tertiary/aromatic N) is 4. The molecule has 4 heterocycles. The van der Waals surface area contributed by atoms with Gasteiger partial charge in [0.25, 0.3) is 11.2 Å². The molecule has 192 valence electrons. The van der Waals surface area contributed by atoms with E-state index in [0.717, 1.165) is 10.6 Å². The fourth-order valence-corrected chi connectivity index (χ4v) is 6.37. The lowest BCUT2D eigenvalue weighted by Gasteiger charge is -2.30. The Hall–Kier alpha value is -3.61. The van der Waals surface area contributed by atoms with Crippen molar-refractivity contribution in [3.05, 3.63) is 87.2 Å². The molecule has 2 aliphatic heterocycles. The molecule has 37 heavy (non-hydrogen) atoms. The van der Waals surface area contributed by atoms with Gasteiger partial charge < -0.3 is 14.4 Å². The van der Waals surface area contributed by atoms with Gasteiger partial charge in [-0.15, -0.1) is 11.3 Å². The van der Waals surface area contributed by atoms with Crippen LogP contribution in [0.5, 0.6) is 0 Å². The molecule has 1 atom stereocenters. The molecule has 12 heteroatoms. The number of anilines is 1. The van der Waals surface area contributed by atoms with Gasteiger partial charge in [0.2, 0.25) is 0 Å². The SMILES string of the molecule is CCOC(=O)C1=C(C)N=c2sc(=Cc3cc([N+](=O)[O-])ccc3N3CCOCC3)c(=O)n2C1c1cccs1. The molecule has 0 amide bonds.